The Kier molecular flexibility index (Phi) is 11.4. The topological polar surface area (TPSA) is 98.7 Å². The zero-order valence-electron chi connectivity index (χ0n) is 24.5. The highest BCUT2D eigenvalue weighted by Gasteiger charge is 2.45. The number of nitrogens with zero attached hydrogens (tertiary/aromatic N) is 4. The van der Waals surface area contributed by atoms with E-state index in [1.165, 1.54) is 18.2 Å². The number of hydrogen-bond donors (Lipinski definition) is 2. The number of carbonyl (C=O) groups excluding carboxylic acids is 2. The van der Waals surface area contributed by atoms with Crippen molar-refractivity contribution in [2.75, 3.05) is 26.2 Å². The lowest BCUT2D eigenvalue weighted by Gasteiger charge is -2.32. The van der Waals surface area contributed by atoms with Gasteiger partial charge in [0, 0.05) is 67.5 Å². The Balaban J connectivity index is 0.000000281. The van der Waals surface area contributed by atoms with Crippen LogP contribution in [0.4, 0.5) is 17.6 Å². The van der Waals surface area contributed by atoms with Crippen molar-refractivity contribution in [3.8, 4) is 11.3 Å². The van der Waals surface area contributed by atoms with E-state index in [0.29, 0.717) is 23.8 Å². The zero-order chi connectivity index (χ0) is 31.7. The molecule has 1 aromatic carbocycles. The van der Waals surface area contributed by atoms with E-state index in [-0.39, 0.29) is 42.5 Å². The van der Waals surface area contributed by atoms with E-state index in [4.69, 9.17) is 0 Å². The van der Waals surface area contributed by atoms with E-state index in [1.807, 2.05) is 0 Å². The summed E-state index contributed by atoms with van der Waals surface area (Å²) in [6, 6.07) is 11.3. The molecule has 2 saturated heterocycles. The first kappa shape index (κ1) is 33.0. The Hall–Kier alpha value is -3.90. The molecule has 2 amide bonds. The number of amides is 2. The minimum absolute atomic E-state index is 0.0796. The maximum absolute atomic E-state index is 13.2. The molecule has 5 rings (SSSR count). The first-order valence-electron chi connectivity index (χ1n) is 14.8. The van der Waals surface area contributed by atoms with Crippen LogP contribution in [-0.2, 0) is 11.0 Å². The molecule has 2 N–H and O–H groups in total. The number of aromatic nitrogens is 2. The van der Waals surface area contributed by atoms with Gasteiger partial charge in [-0.3, -0.25) is 24.5 Å². The zero-order valence-corrected chi connectivity index (χ0v) is 24.5. The van der Waals surface area contributed by atoms with Crippen molar-refractivity contribution in [2.45, 2.75) is 63.3 Å². The number of fused-ring (bicyclic) bond motifs is 1. The summed E-state index contributed by atoms with van der Waals surface area (Å²) in [5, 5.41) is 11.9. The molecule has 0 bridgehead atoms. The number of carbonyl (C=O) groups is 2. The van der Waals surface area contributed by atoms with Crippen molar-refractivity contribution in [2.24, 2.45) is 0 Å². The molecule has 236 valence electrons. The van der Waals surface area contributed by atoms with Gasteiger partial charge in [-0.1, -0.05) is 19.4 Å². The summed E-state index contributed by atoms with van der Waals surface area (Å²) in [6.07, 6.45) is 4.72. The fraction of sp³-hybridized carbons (Fsp3) is 0.438. The third-order valence-electron chi connectivity index (χ3n) is 8.04. The second kappa shape index (κ2) is 15.2. The number of benzene rings is 1. The number of alkyl halides is 3. The molecule has 0 aliphatic carbocycles. The smallest absolute Gasteiger partial charge is 0.396 e. The molecule has 2 fully saturated rings. The molecule has 8 nitrogen and oxygen atoms in total. The normalized spacial score (nSPS) is 18.7. The largest absolute Gasteiger partial charge is 0.416 e. The van der Waals surface area contributed by atoms with Gasteiger partial charge in [0.1, 0.15) is 11.5 Å². The summed E-state index contributed by atoms with van der Waals surface area (Å²) in [5.41, 5.74) is 0.0148. The minimum atomic E-state index is -4.53. The molecular formula is C32H37F4N5O3. The second-order valence-corrected chi connectivity index (χ2v) is 10.8. The van der Waals surface area contributed by atoms with E-state index in [1.54, 1.807) is 41.7 Å². The van der Waals surface area contributed by atoms with Crippen LogP contribution < -0.4 is 5.32 Å². The highest BCUT2D eigenvalue weighted by Crippen LogP contribution is 2.34. The number of halogens is 4. The van der Waals surface area contributed by atoms with Gasteiger partial charge in [-0.2, -0.15) is 13.2 Å². The third-order valence-corrected chi connectivity index (χ3v) is 8.04. The molecule has 4 heterocycles. The van der Waals surface area contributed by atoms with Crippen molar-refractivity contribution in [1.82, 2.24) is 25.1 Å². The molecule has 2 unspecified atom stereocenters. The first-order chi connectivity index (χ1) is 21.1. The van der Waals surface area contributed by atoms with Gasteiger partial charge < -0.3 is 15.3 Å². The average molecular weight is 616 g/mol. The molecule has 12 heteroatoms. The first-order valence-corrected chi connectivity index (χ1v) is 14.8. The van der Waals surface area contributed by atoms with Crippen LogP contribution in [-0.4, -0.2) is 81.1 Å². The quantitative estimate of drug-likeness (QED) is 0.331. The van der Waals surface area contributed by atoms with E-state index < -0.39 is 17.6 Å². The van der Waals surface area contributed by atoms with E-state index >= 15 is 0 Å². The summed E-state index contributed by atoms with van der Waals surface area (Å²) < 4.78 is 51.7. The SMILES string of the molecule is CCC[C@@H](CCO)N1CCC2C1CCN2C(=O)CNC(=O)c1cccc(C(F)(F)F)c1.Fc1cccnc1-c1cccnc1. The van der Waals surface area contributed by atoms with E-state index in [9.17, 15) is 32.3 Å². The van der Waals surface area contributed by atoms with Crippen LogP contribution in [0.2, 0.25) is 0 Å². The van der Waals surface area contributed by atoms with E-state index in [2.05, 4.69) is 27.1 Å². The van der Waals surface area contributed by atoms with Gasteiger partial charge in [-0.25, -0.2) is 4.39 Å². The van der Waals surface area contributed by atoms with Crippen LogP contribution in [0.1, 0.15) is 54.9 Å². The predicted octanol–water partition coefficient (Wildman–Crippen LogP) is 4.94. The van der Waals surface area contributed by atoms with Gasteiger partial charge in [-0.05, 0) is 68.1 Å². The Morgan fingerprint density at radius 1 is 1.05 bits per heavy atom. The van der Waals surface area contributed by atoms with Crippen LogP contribution in [0.5, 0.6) is 0 Å². The number of hydrogen-bond acceptors (Lipinski definition) is 6. The van der Waals surface area contributed by atoms with Crippen LogP contribution in [0.3, 0.4) is 0 Å². The molecule has 0 saturated carbocycles. The Labute approximate surface area is 254 Å². The highest BCUT2D eigenvalue weighted by molar-refractivity contribution is 5.96. The maximum Gasteiger partial charge on any atom is 0.416 e. The van der Waals surface area contributed by atoms with Crippen molar-refractivity contribution in [1.29, 1.82) is 0 Å². The summed E-state index contributed by atoms with van der Waals surface area (Å²) in [7, 11) is 0. The van der Waals surface area contributed by atoms with Gasteiger partial charge in [0.2, 0.25) is 5.91 Å². The molecule has 3 atom stereocenters. The monoisotopic (exact) mass is 615 g/mol. The van der Waals surface area contributed by atoms with Gasteiger partial charge in [0.25, 0.3) is 5.91 Å². The molecule has 0 spiro atoms. The lowest BCUT2D eigenvalue weighted by atomic mass is 10.0. The van der Waals surface area contributed by atoms with Crippen LogP contribution in [0.15, 0.2) is 67.1 Å². The number of rotatable bonds is 9. The number of aliphatic hydroxyl groups excluding tert-OH is 1. The van der Waals surface area contributed by atoms with Gasteiger partial charge in [0.05, 0.1) is 12.1 Å². The van der Waals surface area contributed by atoms with Crippen LogP contribution >= 0.6 is 0 Å². The van der Waals surface area contributed by atoms with E-state index in [0.717, 1.165) is 50.8 Å². The lowest BCUT2D eigenvalue weighted by molar-refractivity contribution is -0.137. The summed E-state index contributed by atoms with van der Waals surface area (Å²) in [6.45, 7) is 3.49. The summed E-state index contributed by atoms with van der Waals surface area (Å²) in [4.78, 5) is 37.1. The summed E-state index contributed by atoms with van der Waals surface area (Å²) >= 11 is 0. The third kappa shape index (κ3) is 8.17. The minimum Gasteiger partial charge on any atom is -0.396 e. The Bertz CT molecular complexity index is 1390. The van der Waals surface area contributed by atoms with Crippen molar-refractivity contribution < 1.29 is 32.3 Å². The fourth-order valence-corrected chi connectivity index (χ4v) is 6.04. The van der Waals surface area contributed by atoms with Gasteiger partial charge in [-0.15, -0.1) is 0 Å². The van der Waals surface area contributed by atoms with Crippen molar-refractivity contribution in [3.05, 3.63) is 84.1 Å². The molecule has 2 aliphatic heterocycles. The van der Waals surface area contributed by atoms with Gasteiger partial charge >= 0.3 is 6.18 Å². The average Bonchev–Trinajstić information content (AvgIpc) is 3.63. The predicted molar refractivity (Wildman–Crippen MR) is 157 cm³/mol. The number of nitrogens with one attached hydrogen (secondary N) is 1. The van der Waals surface area contributed by atoms with Crippen LogP contribution in [0, 0.1) is 5.82 Å². The van der Waals surface area contributed by atoms with Crippen molar-refractivity contribution >= 4 is 11.8 Å². The molecule has 2 aromatic heterocycles. The Morgan fingerprint density at radius 3 is 2.50 bits per heavy atom. The number of pyridine rings is 2. The molecular weight excluding hydrogens is 578 g/mol. The van der Waals surface area contributed by atoms with Crippen molar-refractivity contribution in [3.63, 3.8) is 0 Å². The molecule has 2 aliphatic rings. The standard InChI is InChI=1S/C22H30F3N3O3.C10H7FN2/c1-2-4-17(9-12-29)27-10-7-19-18(27)8-11-28(19)20(30)14-26-21(31)15-5-3-6-16(13-15)22(23,24)25;11-9-4-2-6-13-10(9)8-3-1-5-12-7-8/h3,5-6,13,17-19,29H,2,4,7-12,14H2,1H3,(H,26,31);1-7H/t17-,18?,19?;/m0./s1. The maximum atomic E-state index is 13.2. The highest BCUT2D eigenvalue weighted by atomic mass is 19.4. The van der Waals surface area contributed by atoms with Crippen LogP contribution in [0.25, 0.3) is 11.3 Å². The van der Waals surface area contributed by atoms with Gasteiger partial charge in [0.15, 0.2) is 0 Å². The molecule has 44 heavy (non-hydrogen) atoms. The summed E-state index contributed by atoms with van der Waals surface area (Å²) in [5.74, 6) is -1.24. The fourth-order valence-electron chi connectivity index (χ4n) is 6.04. The number of aliphatic hydroxyl groups is 1. The molecule has 0 radical (unpaired) electrons. The Morgan fingerprint density at radius 2 is 1.82 bits per heavy atom. The second-order valence-electron chi connectivity index (χ2n) is 10.8. The number of likely N-dealkylation sites (tertiary alicyclic amines) is 2. The lowest BCUT2D eigenvalue weighted by Crippen LogP contribution is -2.46. The molecule has 3 aromatic rings.